The third-order valence-corrected chi connectivity index (χ3v) is 6.53. The van der Waals surface area contributed by atoms with Crippen LogP contribution in [0.1, 0.15) is 5.56 Å². The fourth-order valence-electron chi connectivity index (χ4n) is 2.21. The Morgan fingerprint density at radius 1 is 1.23 bits per heavy atom. The van der Waals surface area contributed by atoms with Crippen LogP contribution >= 0.6 is 11.3 Å². The Labute approximate surface area is 131 Å². The predicted octanol–water partition coefficient (Wildman–Crippen LogP) is 3.26. The minimum absolute atomic E-state index is 0.133. The van der Waals surface area contributed by atoms with Crippen molar-refractivity contribution in [3.63, 3.8) is 0 Å². The maximum atomic E-state index is 13.8. The minimum Gasteiger partial charge on any atom is -0.256 e. The minimum atomic E-state index is -3.54. The third-order valence-electron chi connectivity index (χ3n) is 3.35. The number of fused-ring (bicyclic) bond motifs is 1. The molecule has 0 atom stereocenters. The van der Waals surface area contributed by atoms with E-state index in [4.69, 9.17) is 0 Å². The number of sulfonamides is 1. The van der Waals surface area contributed by atoms with Crippen LogP contribution in [0.25, 0.3) is 10.9 Å². The molecule has 0 saturated carbocycles. The van der Waals surface area contributed by atoms with E-state index < -0.39 is 10.0 Å². The summed E-state index contributed by atoms with van der Waals surface area (Å²) in [5.41, 5.74) is 1.15. The molecule has 0 bridgehead atoms. The summed E-state index contributed by atoms with van der Waals surface area (Å²) < 4.78 is 40.2. The van der Waals surface area contributed by atoms with Gasteiger partial charge in [0, 0.05) is 25.2 Å². The molecule has 0 unspecified atom stereocenters. The van der Waals surface area contributed by atoms with Crippen LogP contribution in [0.2, 0.25) is 0 Å². The molecule has 3 rings (SSSR count). The van der Waals surface area contributed by atoms with E-state index in [9.17, 15) is 12.8 Å². The highest BCUT2D eigenvalue weighted by Gasteiger charge is 2.22. The number of nitrogens with zero attached hydrogens (tertiary/aromatic N) is 2. The molecule has 0 spiro atoms. The number of halogens is 1. The van der Waals surface area contributed by atoms with Crippen LogP contribution in [0.15, 0.2) is 52.2 Å². The van der Waals surface area contributed by atoms with E-state index in [-0.39, 0.29) is 16.6 Å². The van der Waals surface area contributed by atoms with Gasteiger partial charge in [0.2, 0.25) is 0 Å². The molecule has 0 aliphatic rings. The number of rotatable bonds is 4. The molecule has 0 aliphatic carbocycles. The van der Waals surface area contributed by atoms with Crippen molar-refractivity contribution in [1.82, 2.24) is 9.29 Å². The van der Waals surface area contributed by atoms with Crippen molar-refractivity contribution < 1.29 is 12.8 Å². The van der Waals surface area contributed by atoms with E-state index in [0.717, 1.165) is 0 Å². The van der Waals surface area contributed by atoms with Gasteiger partial charge >= 0.3 is 0 Å². The van der Waals surface area contributed by atoms with Crippen molar-refractivity contribution in [3.05, 3.63) is 59.4 Å². The third kappa shape index (κ3) is 2.63. The molecule has 2 aromatic heterocycles. The fraction of sp³-hybridized carbons (Fsp3) is 0.133. The Kier molecular flexibility index (Phi) is 3.94. The molecular formula is C15H13FN2O2S2. The second-order valence-electron chi connectivity index (χ2n) is 4.80. The Morgan fingerprint density at radius 2 is 2.05 bits per heavy atom. The number of benzene rings is 1. The fourth-order valence-corrected chi connectivity index (χ4v) is 4.56. The van der Waals surface area contributed by atoms with Gasteiger partial charge in [-0.25, -0.2) is 12.8 Å². The highest BCUT2D eigenvalue weighted by molar-refractivity contribution is 7.91. The molecule has 3 aromatic rings. The number of aromatic nitrogens is 1. The number of hydrogen-bond acceptors (Lipinski definition) is 4. The first kappa shape index (κ1) is 15.1. The molecule has 114 valence electrons. The van der Waals surface area contributed by atoms with E-state index in [2.05, 4.69) is 4.98 Å². The van der Waals surface area contributed by atoms with Gasteiger partial charge in [-0.1, -0.05) is 12.1 Å². The molecule has 0 saturated heterocycles. The molecule has 7 heteroatoms. The quantitative estimate of drug-likeness (QED) is 0.735. The standard InChI is InChI=1S/C15H13FN2O2S2/c1-18(22(19,20)14-5-3-9-21-14)10-11-6-7-13(16)12-4-2-8-17-15(11)12/h2-9H,10H2,1H3. The zero-order chi connectivity index (χ0) is 15.7. The number of hydrogen-bond donors (Lipinski definition) is 0. The van der Waals surface area contributed by atoms with Crippen LogP contribution in [0.3, 0.4) is 0 Å². The van der Waals surface area contributed by atoms with Gasteiger partial charge in [-0.05, 0) is 35.2 Å². The summed E-state index contributed by atoms with van der Waals surface area (Å²) in [5.74, 6) is -0.365. The molecule has 0 fully saturated rings. The molecule has 0 radical (unpaired) electrons. The normalized spacial score (nSPS) is 12.1. The van der Waals surface area contributed by atoms with Crippen molar-refractivity contribution in [2.45, 2.75) is 10.8 Å². The van der Waals surface area contributed by atoms with Gasteiger partial charge in [0.05, 0.1) is 5.52 Å². The van der Waals surface area contributed by atoms with Crippen LogP contribution < -0.4 is 0 Å². The first-order chi connectivity index (χ1) is 10.5. The first-order valence-electron chi connectivity index (χ1n) is 6.52. The van der Waals surface area contributed by atoms with Crippen LogP contribution in [0, 0.1) is 5.82 Å². The highest BCUT2D eigenvalue weighted by atomic mass is 32.2. The molecule has 0 N–H and O–H groups in total. The number of thiophene rings is 1. The first-order valence-corrected chi connectivity index (χ1v) is 8.84. The average molecular weight is 336 g/mol. The van der Waals surface area contributed by atoms with Gasteiger partial charge in [0.25, 0.3) is 10.0 Å². The zero-order valence-electron chi connectivity index (χ0n) is 11.7. The zero-order valence-corrected chi connectivity index (χ0v) is 13.4. The Balaban J connectivity index is 1.99. The Hall–Kier alpha value is -1.83. The van der Waals surface area contributed by atoms with Crippen LogP contribution in [-0.4, -0.2) is 24.8 Å². The molecular weight excluding hydrogens is 323 g/mol. The summed E-state index contributed by atoms with van der Waals surface area (Å²) in [7, 11) is -2.04. The van der Waals surface area contributed by atoms with E-state index in [1.165, 1.54) is 28.8 Å². The van der Waals surface area contributed by atoms with E-state index in [1.807, 2.05) is 0 Å². The topological polar surface area (TPSA) is 50.3 Å². The van der Waals surface area contributed by atoms with Crippen molar-refractivity contribution in [3.8, 4) is 0 Å². The number of pyridine rings is 1. The summed E-state index contributed by atoms with van der Waals surface area (Å²) in [6.45, 7) is 0.133. The molecule has 1 aromatic carbocycles. The second-order valence-corrected chi connectivity index (χ2v) is 8.02. The van der Waals surface area contributed by atoms with Gasteiger partial charge < -0.3 is 0 Å². The monoisotopic (exact) mass is 336 g/mol. The van der Waals surface area contributed by atoms with Crippen LogP contribution in [0.5, 0.6) is 0 Å². The summed E-state index contributed by atoms with van der Waals surface area (Å²) in [4.78, 5) is 4.18. The van der Waals surface area contributed by atoms with Crippen molar-refractivity contribution in [1.29, 1.82) is 0 Å². The SMILES string of the molecule is CN(Cc1ccc(F)c2cccnc12)S(=O)(=O)c1cccs1. The van der Waals surface area contributed by atoms with Gasteiger partial charge in [-0.3, -0.25) is 4.98 Å². The molecule has 0 amide bonds. The van der Waals surface area contributed by atoms with E-state index >= 15 is 0 Å². The highest BCUT2D eigenvalue weighted by Crippen LogP contribution is 2.24. The van der Waals surface area contributed by atoms with E-state index in [0.29, 0.717) is 16.5 Å². The maximum absolute atomic E-state index is 13.8. The summed E-state index contributed by atoms with van der Waals surface area (Å²) >= 11 is 1.17. The molecule has 4 nitrogen and oxygen atoms in total. The van der Waals surface area contributed by atoms with Gasteiger partial charge in [0.1, 0.15) is 10.0 Å². The van der Waals surface area contributed by atoms with Crippen molar-refractivity contribution >= 4 is 32.3 Å². The smallest absolute Gasteiger partial charge is 0.252 e. The Bertz CT molecular complexity index is 908. The maximum Gasteiger partial charge on any atom is 0.252 e. The second kappa shape index (κ2) is 5.75. The molecule has 0 aliphatic heterocycles. The average Bonchev–Trinajstić information content (AvgIpc) is 3.05. The van der Waals surface area contributed by atoms with Crippen LogP contribution in [-0.2, 0) is 16.6 Å². The van der Waals surface area contributed by atoms with Crippen molar-refractivity contribution in [2.24, 2.45) is 0 Å². The summed E-state index contributed by atoms with van der Waals surface area (Å²) in [6.07, 6.45) is 1.57. The lowest BCUT2D eigenvalue weighted by Gasteiger charge is -2.17. The largest absolute Gasteiger partial charge is 0.256 e. The lowest BCUT2D eigenvalue weighted by Crippen LogP contribution is -2.26. The van der Waals surface area contributed by atoms with Gasteiger partial charge in [0.15, 0.2) is 0 Å². The van der Waals surface area contributed by atoms with Crippen LogP contribution in [0.4, 0.5) is 4.39 Å². The Morgan fingerprint density at radius 3 is 2.77 bits per heavy atom. The van der Waals surface area contributed by atoms with Gasteiger partial charge in [-0.15, -0.1) is 11.3 Å². The summed E-state index contributed by atoms with van der Waals surface area (Å²) in [6, 6.07) is 9.46. The van der Waals surface area contributed by atoms with Gasteiger partial charge in [-0.2, -0.15) is 4.31 Å². The summed E-state index contributed by atoms with van der Waals surface area (Å²) in [5, 5.41) is 2.11. The lowest BCUT2D eigenvalue weighted by molar-refractivity contribution is 0.469. The molecule has 2 heterocycles. The predicted molar refractivity (Wildman–Crippen MR) is 84.7 cm³/mol. The van der Waals surface area contributed by atoms with E-state index in [1.54, 1.807) is 41.9 Å². The molecule has 22 heavy (non-hydrogen) atoms. The lowest BCUT2D eigenvalue weighted by atomic mass is 10.1. The van der Waals surface area contributed by atoms with Crippen molar-refractivity contribution in [2.75, 3.05) is 7.05 Å².